The second-order valence-corrected chi connectivity index (χ2v) is 3.81. The minimum Gasteiger partial charge on any atom is -0.475 e. The van der Waals surface area contributed by atoms with Crippen molar-refractivity contribution in [2.24, 2.45) is 0 Å². The topological polar surface area (TPSA) is 106 Å². The van der Waals surface area contributed by atoms with Gasteiger partial charge in [0, 0.05) is 17.7 Å². The Bertz CT molecular complexity index is 723. The van der Waals surface area contributed by atoms with Gasteiger partial charge in [-0.1, -0.05) is 6.07 Å². The number of hydrogen-bond acceptors (Lipinski definition) is 5. The number of carboxylic acid groups (broad SMARTS) is 1. The Morgan fingerprint density at radius 2 is 2.05 bits per heavy atom. The predicted octanol–water partition coefficient (Wildman–Crippen LogP) is 2.97. The van der Waals surface area contributed by atoms with Gasteiger partial charge in [0.15, 0.2) is 5.69 Å². The first-order valence-corrected chi connectivity index (χ1v) is 5.26. The molecule has 1 aromatic heterocycles. The summed E-state index contributed by atoms with van der Waals surface area (Å²) in [5.74, 6) is -3.97. The molecule has 7 nitrogen and oxygen atoms in total. The molecule has 110 valence electrons. The number of non-ortho nitro benzene ring substituents is 1. The van der Waals surface area contributed by atoms with E-state index in [9.17, 15) is 28.1 Å². The molecule has 1 heterocycles. The first-order chi connectivity index (χ1) is 9.70. The molecule has 0 amide bonds. The molecule has 0 radical (unpaired) electrons. The van der Waals surface area contributed by atoms with Crippen molar-refractivity contribution in [3.05, 3.63) is 45.8 Å². The summed E-state index contributed by atoms with van der Waals surface area (Å²) in [5.41, 5.74) is -2.23. The number of nitrogens with zero attached hydrogens (tertiary/aromatic N) is 2. The zero-order valence-corrected chi connectivity index (χ0v) is 9.92. The average Bonchev–Trinajstić information content (AvgIpc) is 2.84. The molecule has 21 heavy (non-hydrogen) atoms. The molecule has 0 aliphatic heterocycles. The summed E-state index contributed by atoms with van der Waals surface area (Å²) < 4.78 is 42.5. The summed E-state index contributed by atoms with van der Waals surface area (Å²) in [6.45, 7) is 0. The number of benzene rings is 1. The summed E-state index contributed by atoms with van der Waals surface area (Å²) in [5, 5.41) is 19.3. The molecule has 0 saturated carbocycles. The quantitative estimate of drug-likeness (QED) is 0.690. The number of rotatable bonds is 3. The van der Waals surface area contributed by atoms with Crippen LogP contribution in [0, 0.1) is 10.1 Å². The normalized spacial score (nSPS) is 11.4. The summed E-state index contributed by atoms with van der Waals surface area (Å²) in [6, 6.07) is 4.48. The molecule has 0 saturated heterocycles. The van der Waals surface area contributed by atoms with E-state index in [1.54, 1.807) is 0 Å². The number of aromatic carboxylic acids is 1. The molecule has 2 rings (SSSR count). The van der Waals surface area contributed by atoms with Crippen LogP contribution in [0.4, 0.5) is 18.9 Å². The van der Waals surface area contributed by atoms with Crippen molar-refractivity contribution in [2.75, 3.05) is 0 Å². The van der Waals surface area contributed by atoms with E-state index in [1.807, 2.05) is 0 Å². The molecule has 0 unspecified atom stereocenters. The van der Waals surface area contributed by atoms with Gasteiger partial charge in [-0.15, -0.1) is 0 Å². The number of aromatic nitrogens is 1. The molecule has 0 aliphatic rings. The number of nitro groups is 1. The molecule has 0 spiro atoms. The number of nitro benzene ring substituents is 1. The standard InChI is InChI=1S/C11H5F3N2O5/c12-11(13,14)8-7(10(17)18)21-9(15-8)5-2-1-3-6(4-5)16(19)20/h1-4H,(H,17,18). The highest BCUT2D eigenvalue weighted by Gasteiger charge is 2.41. The van der Waals surface area contributed by atoms with Gasteiger partial charge in [0.1, 0.15) is 0 Å². The fraction of sp³-hybridized carbons (Fsp3) is 0.0909. The number of alkyl halides is 3. The average molecular weight is 302 g/mol. The van der Waals surface area contributed by atoms with Gasteiger partial charge in [-0.05, 0) is 6.07 Å². The largest absolute Gasteiger partial charge is 0.475 e. The van der Waals surface area contributed by atoms with Crippen LogP contribution in [0.3, 0.4) is 0 Å². The van der Waals surface area contributed by atoms with E-state index < -0.39 is 40.1 Å². The van der Waals surface area contributed by atoms with Gasteiger partial charge in [-0.3, -0.25) is 10.1 Å². The molecule has 10 heteroatoms. The molecule has 1 aromatic carbocycles. The first kappa shape index (κ1) is 14.5. The minimum absolute atomic E-state index is 0.137. The Balaban J connectivity index is 2.58. The van der Waals surface area contributed by atoms with E-state index in [4.69, 9.17) is 5.11 Å². The maximum absolute atomic E-state index is 12.7. The molecule has 0 bridgehead atoms. The number of carbonyl (C=O) groups is 1. The van der Waals surface area contributed by atoms with Gasteiger partial charge >= 0.3 is 12.1 Å². The third-order valence-corrected chi connectivity index (χ3v) is 2.39. The van der Waals surface area contributed by atoms with Crippen molar-refractivity contribution in [2.45, 2.75) is 6.18 Å². The van der Waals surface area contributed by atoms with Crippen LogP contribution < -0.4 is 0 Å². The molecule has 0 aliphatic carbocycles. The van der Waals surface area contributed by atoms with E-state index in [0.29, 0.717) is 0 Å². The van der Waals surface area contributed by atoms with Crippen molar-refractivity contribution < 1.29 is 32.4 Å². The Morgan fingerprint density at radius 3 is 2.52 bits per heavy atom. The zero-order chi connectivity index (χ0) is 15.8. The maximum Gasteiger partial charge on any atom is 0.437 e. The summed E-state index contributed by atoms with van der Waals surface area (Å²) >= 11 is 0. The summed E-state index contributed by atoms with van der Waals surface area (Å²) in [4.78, 5) is 23.7. The van der Waals surface area contributed by atoms with Crippen molar-refractivity contribution in [3.8, 4) is 11.5 Å². The number of halogens is 3. The van der Waals surface area contributed by atoms with Gasteiger partial charge < -0.3 is 9.52 Å². The van der Waals surface area contributed by atoms with E-state index in [1.165, 1.54) is 12.1 Å². The van der Waals surface area contributed by atoms with Gasteiger partial charge in [-0.2, -0.15) is 13.2 Å². The summed E-state index contributed by atoms with van der Waals surface area (Å²) in [6.07, 6.45) is -5.02. The second-order valence-electron chi connectivity index (χ2n) is 3.81. The van der Waals surface area contributed by atoms with Gasteiger partial charge in [-0.25, -0.2) is 9.78 Å². The van der Waals surface area contributed by atoms with Crippen LogP contribution in [0.15, 0.2) is 28.7 Å². The second kappa shape index (κ2) is 4.89. The molecule has 0 atom stereocenters. The monoisotopic (exact) mass is 302 g/mol. The van der Waals surface area contributed by atoms with Crippen LogP contribution in [0.5, 0.6) is 0 Å². The highest BCUT2D eigenvalue weighted by Crippen LogP contribution is 2.34. The SMILES string of the molecule is O=C(O)c1oc(-c2cccc([N+](=O)[O-])c2)nc1C(F)(F)F. The predicted molar refractivity (Wildman–Crippen MR) is 60.6 cm³/mol. The highest BCUT2D eigenvalue weighted by molar-refractivity contribution is 5.86. The molecular formula is C11H5F3N2O5. The van der Waals surface area contributed by atoms with E-state index in [2.05, 4.69) is 9.40 Å². The minimum atomic E-state index is -5.02. The molecule has 0 fully saturated rings. The Morgan fingerprint density at radius 1 is 1.38 bits per heavy atom. The Kier molecular flexibility index (Phi) is 3.37. The van der Waals surface area contributed by atoms with E-state index in [-0.39, 0.29) is 5.56 Å². The number of hydrogen-bond donors (Lipinski definition) is 1. The molecule has 1 N–H and O–H groups in total. The van der Waals surface area contributed by atoms with Gasteiger partial charge in [0.2, 0.25) is 11.7 Å². The van der Waals surface area contributed by atoms with Gasteiger partial charge in [0.25, 0.3) is 5.69 Å². The Hall–Kier alpha value is -2.91. The van der Waals surface area contributed by atoms with Crippen LogP contribution in [0.2, 0.25) is 0 Å². The first-order valence-electron chi connectivity index (χ1n) is 5.26. The molecule has 2 aromatic rings. The van der Waals surface area contributed by atoms with E-state index in [0.717, 1.165) is 12.1 Å². The van der Waals surface area contributed by atoms with Crippen molar-refractivity contribution in [1.82, 2.24) is 4.98 Å². The van der Waals surface area contributed by atoms with Crippen molar-refractivity contribution >= 4 is 11.7 Å². The smallest absolute Gasteiger partial charge is 0.437 e. The number of oxazole rings is 1. The fourth-order valence-electron chi connectivity index (χ4n) is 1.53. The fourth-order valence-corrected chi connectivity index (χ4v) is 1.53. The van der Waals surface area contributed by atoms with E-state index >= 15 is 0 Å². The number of carboxylic acids is 1. The van der Waals surface area contributed by atoms with Crippen LogP contribution in [0.1, 0.15) is 16.2 Å². The lowest BCUT2D eigenvalue weighted by Gasteiger charge is -2.00. The lowest BCUT2D eigenvalue weighted by Crippen LogP contribution is -2.11. The van der Waals surface area contributed by atoms with Crippen LogP contribution >= 0.6 is 0 Å². The zero-order valence-electron chi connectivity index (χ0n) is 9.92. The highest BCUT2D eigenvalue weighted by atomic mass is 19.4. The van der Waals surface area contributed by atoms with Crippen LogP contribution in [0.25, 0.3) is 11.5 Å². The maximum atomic E-state index is 12.7. The lowest BCUT2D eigenvalue weighted by atomic mass is 10.2. The van der Waals surface area contributed by atoms with Crippen LogP contribution in [-0.2, 0) is 6.18 Å². The van der Waals surface area contributed by atoms with Crippen LogP contribution in [-0.4, -0.2) is 21.0 Å². The third kappa shape index (κ3) is 2.83. The molecular weight excluding hydrogens is 297 g/mol. The summed E-state index contributed by atoms with van der Waals surface area (Å²) in [7, 11) is 0. The van der Waals surface area contributed by atoms with Gasteiger partial charge in [0.05, 0.1) is 4.92 Å². The lowest BCUT2D eigenvalue weighted by molar-refractivity contribution is -0.384. The third-order valence-electron chi connectivity index (χ3n) is 2.39. The van der Waals surface area contributed by atoms with Crippen molar-refractivity contribution in [1.29, 1.82) is 0 Å². The Labute approximate surface area is 113 Å². The van der Waals surface area contributed by atoms with Crippen molar-refractivity contribution in [3.63, 3.8) is 0 Å².